The minimum Gasteiger partial charge on any atom is -0.236 e. The summed E-state index contributed by atoms with van der Waals surface area (Å²) in [5.74, 6) is 0. The average Bonchev–Trinajstić information content (AvgIpc) is 2.90. The van der Waals surface area contributed by atoms with E-state index in [4.69, 9.17) is 0 Å². The molecule has 0 aliphatic heterocycles. The molecule has 1 N–H and O–H groups in total. The Morgan fingerprint density at radius 2 is 1.60 bits per heavy atom. The van der Waals surface area contributed by atoms with Gasteiger partial charge in [0.1, 0.15) is 4.90 Å². The molecule has 6 heteroatoms. The summed E-state index contributed by atoms with van der Waals surface area (Å²) in [6, 6.07) is 17.3. The average molecular weight is 355 g/mol. The van der Waals surface area contributed by atoms with Gasteiger partial charge in [0, 0.05) is 6.54 Å². The Morgan fingerprint density at radius 3 is 2.24 bits per heavy atom. The molecule has 1 aromatic heterocycles. The Kier molecular flexibility index (Phi) is 4.74. The van der Waals surface area contributed by atoms with E-state index >= 15 is 0 Å². The van der Waals surface area contributed by atoms with Crippen molar-refractivity contribution in [3.8, 4) is 5.69 Å². The number of benzene rings is 2. The summed E-state index contributed by atoms with van der Waals surface area (Å²) in [4.78, 5) is 0.239. The number of nitrogens with one attached hydrogen (secondary N) is 1. The first kappa shape index (κ1) is 17.4. The molecule has 25 heavy (non-hydrogen) atoms. The molecule has 3 aromatic rings. The van der Waals surface area contributed by atoms with E-state index in [0.717, 1.165) is 16.8 Å². The molecule has 2 aromatic carbocycles. The molecule has 0 unspecified atom stereocenters. The summed E-state index contributed by atoms with van der Waals surface area (Å²) in [6.07, 6.45) is 0. The third-order valence-corrected chi connectivity index (χ3v) is 5.73. The van der Waals surface area contributed by atoms with Gasteiger partial charge >= 0.3 is 0 Å². The summed E-state index contributed by atoms with van der Waals surface area (Å²) < 4.78 is 29.9. The van der Waals surface area contributed by atoms with E-state index in [1.54, 1.807) is 18.5 Å². The molecule has 0 bridgehead atoms. The molecule has 0 saturated heterocycles. The van der Waals surface area contributed by atoms with Crippen molar-refractivity contribution in [3.63, 3.8) is 0 Å². The third kappa shape index (κ3) is 3.65. The van der Waals surface area contributed by atoms with Crippen LogP contribution in [0.1, 0.15) is 22.5 Å². The van der Waals surface area contributed by atoms with Crippen LogP contribution in [0.5, 0.6) is 0 Å². The topological polar surface area (TPSA) is 64.0 Å². The number of para-hydroxylation sites is 1. The maximum absolute atomic E-state index is 12.8. The summed E-state index contributed by atoms with van der Waals surface area (Å²) in [5, 5.41) is 4.41. The van der Waals surface area contributed by atoms with Crippen molar-refractivity contribution in [2.24, 2.45) is 0 Å². The van der Waals surface area contributed by atoms with Crippen LogP contribution >= 0.6 is 0 Å². The minimum atomic E-state index is -3.65. The number of rotatable bonds is 5. The summed E-state index contributed by atoms with van der Waals surface area (Å²) >= 11 is 0. The molecule has 5 nitrogen and oxygen atoms in total. The van der Waals surface area contributed by atoms with Crippen molar-refractivity contribution in [2.45, 2.75) is 32.2 Å². The normalized spacial score (nSPS) is 11.6. The van der Waals surface area contributed by atoms with Crippen LogP contribution in [-0.4, -0.2) is 18.2 Å². The van der Waals surface area contributed by atoms with Crippen LogP contribution in [0.2, 0.25) is 0 Å². The number of sulfonamides is 1. The standard InChI is InChI=1S/C19H21N3O2S/c1-14-9-11-17(12-10-14)13-20-25(23,24)19-15(2)21-22(16(19)3)18-7-5-4-6-8-18/h4-12,20H,13H2,1-3H3. The zero-order valence-electron chi connectivity index (χ0n) is 14.5. The predicted molar refractivity (Wildman–Crippen MR) is 98.2 cm³/mol. The van der Waals surface area contributed by atoms with E-state index < -0.39 is 10.0 Å². The highest BCUT2D eigenvalue weighted by molar-refractivity contribution is 7.89. The quantitative estimate of drug-likeness (QED) is 0.764. The van der Waals surface area contributed by atoms with Gasteiger partial charge in [-0.15, -0.1) is 0 Å². The molecule has 0 amide bonds. The Labute approximate surface area is 148 Å². The molecule has 0 spiro atoms. The SMILES string of the molecule is Cc1ccc(CNS(=O)(=O)c2c(C)nn(-c3ccccc3)c2C)cc1. The van der Waals surface area contributed by atoms with Crippen molar-refractivity contribution in [1.82, 2.24) is 14.5 Å². The maximum atomic E-state index is 12.8. The van der Waals surface area contributed by atoms with E-state index in [2.05, 4.69) is 9.82 Å². The second-order valence-corrected chi connectivity index (χ2v) is 7.76. The van der Waals surface area contributed by atoms with Crippen molar-refractivity contribution >= 4 is 10.0 Å². The second-order valence-electron chi connectivity index (χ2n) is 6.06. The molecule has 0 radical (unpaired) electrons. The van der Waals surface area contributed by atoms with Gasteiger partial charge in [0.15, 0.2) is 0 Å². The lowest BCUT2D eigenvalue weighted by atomic mass is 10.2. The van der Waals surface area contributed by atoms with Crippen LogP contribution in [0.15, 0.2) is 59.5 Å². The van der Waals surface area contributed by atoms with E-state index in [-0.39, 0.29) is 11.4 Å². The molecular weight excluding hydrogens is 334 g/mol. The fraction of sp³-hybridized carbons (Fsp3) is 0.211. The molecule has 0 saturated carbocycles. The smallest absolute Gasteiger partial charge is 0.236 e. The number of hydrogen-bond donors (Lipinski definition) is 1. The highest BCUT2D eigenvalue weighted by Crippen LogP contribution is 2.22. The van der Waals surface area contributed by atoms with Crippen LogP contribution in [0.4, 0.5) is 0 Å². The van der Waals surface area contributed by atoms with E-state index in [1.165, 1.54) is 0 Å². The summed E-state index contributed by atoms with van der Waals surface area (Å²) in [6.45, 7) is 5.73. The Hall–Kier alpha value is -2.44. The molecule has 0 aliphatic carbocycles. The Balaban J connectivity index is 1.90. The van der Waals surface area contributed by atoms with Gasteiger partial charge in [-0.3, -0.25) is 0 Å². The molecule has 3 rings (SSSR count). The molecule has 130 valence electrons. The first-order chi connectivity index (χ1) is 11.9. The molecule has 0 fully saturated rings. The van der Waals surface area contributed by atoms with Gasteiger partial charge < -0.3 is 0 Å². The third-order valence-electron chi connectivity index (χ3n) is 4.08. The first-order valence-corrected chi connectivity index (χ1v) is 9.53. The first-order valence-electron chi connectivity index (χ1n) is 8.05. The van der Waals surface area contributed by atoms with Crippen LogP contribution in [0.25, 0.3) is 5.69 Å². The van der Waals surface area contributed by atoms with Crippen molar-refractivity contribution in [1.29, 1.82) is 0 Å². The van der Waals surface area contributed by atoms with E-state index in [9.17, 15) is 8.42 Å². The van der Waals surface area contributed by atoms with Gasteiger partial charge in [-0.2, -0.15) is 5.10 Å². The van der Waals surface area contributed by atoms with Crippen LogP contribution in [0, 0.1) is 20.8 Å². The highest BCUT2D eigenvalue weighted by atomic mass is 32.2. The van der Waals surface area contributed by atoms with Crippen LogP contribution in [-0.2, 0) is 16.6 Å². The number of aromatic nitrogens is 2. The number of nitrogens with zero attached hydrogens (tertiary/aromatic N) is 2. The van der Waals surface area contributed by atoms with Gasteiger partial charge in [0.25, 0.3) is 0 Å². The van der Waals surface area contributed by atoms with Gasteiger partial charge in [-0.1, -0.05) is 48.0 Å². The van der Waals surface area contributed by atoms with Gasteiger partial charge in [-0.25, -0.2) is 17.8 Å². The highest BCUT2D eigenvalue weighted by Gasteiger charge is 2.24. The maximum Gasteiger partial charge on any atom is 0.244 e. The minimum absolute atomic E-state index is 0.239. The Bertz CT molecular complexity index is 976. The largest absolute Gasteiger partial charge is 0.244 e. The lowest BCUT2D eigenvalue weighted by molar-refractivity contribution is 0.580. The lowest BCUT2D eigenvalue weighted by Gasteiger charge is -2.08. The van der Waals surface area contributed by atoms with Gasteiger partial charge in [0.05, 0.1) is 17.1 Å². The number of aryl methyl sites for hydroxylation is 2. The van der Waals surface area contributed by atoms with E-state index in [0.29, 0.717) is 11.4 Å². The monoisotopic (exact) mass is 355 g/mol. The fourth-order valence-electron chi connectivity index (χ4n) is 2.79. The number of hydrogen-bond acceptors (Lipinski definition) is 3. The fourth-order valence-corrected chi connectivity index (χ4v) is 4.20. The molecule has 0 atom stereocenters. The second kappa shape index (κ2) is 6.82. The lowest BCUT2D eigenvalue weighted by Crippen LogP contribution is -2.24. The van der Waals surface area contributed by atoms with Gasteiger partial charge in [0.2, 0.25) is 10.0 Å². The summed E-state index contributed by atoms with van der Waals surface area (Å²) in [7, 11) is -3.65. The summed E-state index contributed by atoms with van der Waals surface area (Å²) in [5.41, 5.74) is 3.98. The molecule has 1 heterocycles. The predicted octanol–water partition coefficient (Wildman–Crippen LogP) is 3.28. The van der Waals surface area contributed by atoms with E-state index in [1.807, 2.05) is 61.5 Å². The Morgan fingerprint density at radius 1 is 0.960 bits per heavy atom. The van der Waals surface area contributed by atoms with Crippen molar-refractivity contribution < 1.29 is 8.42 Å². The van der Waals surface area contributed by atoms with Crippen LogP contribution in [0.3, 0.4) is 0 Å². The van der Waals surface area contributed by atoms with Crippen molar-refractivity contribution in [3.05, 3.63) is 77.1 Å². The zero-order chi connectivity index (χ0) is 18.0. The van der Waals surface area contributed by atoms with Crippen LogP contribution < -0.4 is 4.72 Å². The van der Waals surface area contributed by atoms with Crippen molar-refractivity contribution in [2.75, 3.05) is 0 Å². The molecular formula is C19H21N3O2S. The molecule has 0 aliphatic rings. The van der Waals surface area contributed by atoms with Gasteiger partial charge in [-0.05, 0) is 38.5 Å². The zero-order valence-corrected chi connectivity index (χ0v) is 15.3.